The third kappa shape index (κ3) is 5.20. The first-order chi connectivity index (χ1) is 15.3. The third-order valence-corrected chi connectivity index (χ3v) is 6.51. The van der Waals surface area contributed by atoms with E-state index in [-0.39, 0.29) is 36.1 Å². The second-order valence-electron chi connectivity index (χ2n) is 9.34. The van der Waals surface area contributed by atoms with Gasteiger partial charge in [-0.15, -0.1) is 0 Å². The Balaban J connectivity index is 1.61. The van der Waals surface area contributed by atoms with E-state index in [4.69, 9.17) is 42.6 Å². The lowest BCUT2D eigenvalue weighted by atomic mass is 9.97. The summed E-state index contributed by atoms with van der Waals surface area (Å²) in [5.74, 6) is 1.48. The van der Waals surface area contributed by atoms with Gasteiger partial charge in [0.2, 0.25) is 17.8 Å². The molecule has 0 aliphatic carbocycles. The highest BCUT2D eigenvalue weighted by Gasteiger charge is 2.31. The van der Waals surface area contributed by atoms with E-state index in [1.165, 1.54) is 7.11 Å². The molecular weight excluding hydrogens is 412 g/mol. The molecule has 12 heteroatoms. The van der Waals surface area contributed by atoms with E-state index < -0.39 is 0 Å². The minimum Gasteiger partial charge on any atom is -0.469 e. The minimum atomic E-state index is -0.158. The maximum atomic E-state index is 11.9. The Hall–Kier alpha value is -2.28. The number of carbonyl (C=O) groups is 1. The van der Waals surface area contributed by atoms with Crippen LogP contribution < -0.4 is 37.6 Å². The van der Waals surface area contributed by atoms with E-state index in [9.17, 15) is 4.79 Å². The number of nitrogens with zero attached hydrogens (tertiary/aromatic N) is 6. The number of aromatic nitrogens is 3. The van der Waals surface area contributed by atoms with Crippen molar-refractivity contribution in [1.29, 1.82) is 0 Å². The Morgan fingerprint density at radius 2 is 1.12 bits per heavy atom. The highest BCUT2D eigenvalue weighted by molar-refractivity contribution is 5.72. The van der Waals surface area contributed by atoms with Gasteiger partial charge in [-0.05, 0) is 25.7 Å². The molecule has 0 radical (unpaired) electrons. The molecule has 3 aliphatic rings. The van der Waals surface area contributed by atoms with E-state index in [0.29, 0.717) is 70.0 Å². The average molecular weight is 449 g/mol. The fourth-order valence-corrected chi connectivity index (χ4v) is 4.93. The second kappa shape index (κ2) is 9.69. The number of esters is 1. The van der Waals surface area contributed by atoms with Crippen LogP contribution in [0.3, 0.4) is 0 Å². The number of carbonyl (C=O) groups excluding carboxylic acids is 1. The summed E-state index contributed by atoms with van der Waals surface area (Å²) in [6.07, 6.45) is 2.94. The molecule has 3 aliphatic heterocycles. The number of methoxy groups -OCH3 is 1. The number of hydrogen-bond donors (Lipinski definition) is 4. The van der Waals surface area contributed by atoms with Gasteiger partial charge in [-0.2, -0.15) is 15.0 Å². The molecule has 1 aromatic rings. The smallest absolute Gasteiger partial charge is 0.308 e. The third-order valence-electron chi connectivity index (χ3n) is 6.51. The van der Waals surface area contributed by atoms with Gasteiger partial charge in [-0.3, -0.25) is 4.79 Å². The maximum Gasteiger partial charge on any atom is 0.308 e. The largest absolute Gasteiger partial charge is 0.469 e. The topological polar surface area (TPSA) is 179 Å². The molecule has 4 unspecified atom stereocenters. The fraction of sp³-hybridized carbons (Fsp3) is 0.800. The van der Waals surface area contributed by atoms with Crippen LogP contribution in [-0.2, 0) is 9.53 Å². The Labute approximate surface area is 188 Å². The molecular formula is C20H36N10O2. The van der Waals surface area contributed by atoms with Gasteiger partial charge in [-0.1, -0.05) is 0 Å². The van der Waals surface area contributed by atoms with Gasteiger partial charge >= 0.3 is 5.97 Å². The van der Waals surface area contributed by atoms with Gasteiger partial charge in [0.25, 0.3) is 0 Å². The molecule has 4 heterocycles. The van der Waals surface area contributed by atoms with E-state index in [2.05, 4.69) is 4.90 Å². The molecule has 3 fully saturated rings. The zero-order valence-electron chi connectivity index (χ0n) is 18.8. The Bertz CT molecular complexity index is 738. The standard InChI is InChI=1S/C20H36N10O2/c1-32-17(31)12-2-4-28(5-3-12)18-25-19(29-8-13(21)6-14(22)9-29)27-20(26-18)30-10-15(23)7-16(24)11-30/h12-16H,2-11,21-24H2,1H3. The average Bonchev–Trinajstić information content (AvgIpc) is 2.77. The molecule has 4 atom stereocenters. The lowest BCUT2D eigenvalue weighted by Crippen LogP contribution is -2.54. The Morgan fingerprint density at radius 3 is 1.50 bits per heavy atom. The van der Waals surface area contributed by atoms with Crippen molar-refractivity contribution in [3.63, 3.8) is 0 Å². The maximum absolute atomic E-state index is 11.9. The number of rotatable bonds is 4. The summed E-state index contributed by atoms with van der Waals surface area (Å²) in [5.41, 5.74) is 24.9. The molecule has 0 amide bonds. The molecule has 8 N–H and O–H groups in total. The van der Waals surface area contributed by atoms with Gasteiger partial charge in [0.15, 0.2) is 0 Å². The van der Waals surface area contributed by atoms with Crippen molar-refractivity contribution in [2.75, 3.05) is 61.1 Å². The van der Waals surface area contributed by atoms with Crippen LogP contribution in [0.15, 0.2) is 0 Å². The first-order valence-electron chi connectivity index (χ1n) is 11.4. The summed E-state index contributed by atoms with van der Waals surface area (Å²) in [4.78, 5) is 32.4. The zero-order valence-corrected chi connectivity index (χ0v) is 18.8. The van der Waals surface area contributed by atoms with Crippen molar-refractivity contribution in [2.24, 2.45) is 28.9 Å². The summed E-state index contributed by atoms with van der Waals surface area (Å²) >= 11 is 0. The summed E-state index contributed by atoms with van der Waals surface area (Å²) in [6.45, 7) is 3.89. The van der Waals surface area contributed by atoms with Gasteiger partial charge < -0.3 is 42.4 Å². The van der Waals surface area contributed by atoms with Crippen molar-refractivity contribution in [1.82, 2.24) is 15.0 Å². The Kier molecular flexibility index (Phi) is 6.93. The quantitative estimate of drug-likeness (QED) is 0.372. The number of piperidine rings is 3. The highest BCUT2D eigenvalue weighted by atomic mass is 16.5. The monoisotopic (exact) mass is 448 g/mol. The van der Waals surface area contributed by atoms with Gasteiger partial charge in [0, 0.05) is 63.4 Å². The van der Waals surface area contributed by atoms with Crippen LogP contribution in [0, 0.1) is 5.92 Å². The lowest BCUT2D eigenvalue weighted by molar-refractivity contribution is -0.146. The molecule has 12 nitrogen and oxygen atoms in total. The number of nitrogens with two attached hydrogens (primary N) is 4. The highest BCUT2D eigenvalue weighted by Crippen LogP contribution is 2.26. The molecule has 178 valence electrons. The SMILES string of the molecule is COC(=O)C1CCN(c2nc(N3CC(N)CC(N)C3)nc(N3CC(N)CC(N)C3)n2)CC1. The first kappa shape index (κ1) is 22.9. The van der Waals surface area contributed by atoms with E-state index >= 15 is 0 Å². The van der Waals surface area contributed by atoms with Crippen LogP contribution >= 0.6 is 0 Å². The van der Waals surface area contributed by atoms with E-state index in [1.807, 2.05) is 9.80 Å². The summed E-state index contributed by atoms with van der Waals surface area (Å²) in [5, 5.41) is 0. The summed E-state index contributed by atoms with van der Waals surface area (Å²) < 4.78 is 4.91. The predicted octanol–water partition coefficient (Wildman–Crippen LogP) is -2.01. The number of hydrogen-bond acceptors (Lipinski definition) is 12. The first-order valence-corrected chi connectivity index (χ1v) is 11.4. The van der Waals surface area contributed by atoms with Gasteiger partial charge in [0.1, 0.15) is 0 Å². The fourth-order valence-electron chi connectivity index (χ4n) is 4.93. The summed E-state index contributed by atoms with van der Waals surface area (Å²) in [6, 6.07) is -0.129. The van der Waals surface area contributed by atoms with Crippen LogP contribution in [-0.4, -0.2) is 91.5 Å². The second-order valence-corrected chi connectivity index (χ2v) is 9.34. The van der Waals surface area contributed by atoms with E-state index in [1.54, 1.807) is 0 Å². The van der Waals surface area contributed by atoms with Crippen molar-refractivity contribution in [2.45, 2.75) is 49.9 Å². The molecule has 1 aromatic heterocycles. The van der Waals surface area contributed by atoms with Crippen LogP contribution in [0.5, 0.6) is 0 Å². The molecule has 3 saturated heterocycles. The molecule has 4 rings (SSSR count). The lowest BCUT2D eigenvalue weighted by Gasteiger charge is -2.38. The zero-order chi connectivity index (χ0) is 22.8. The van der Waals surface area contributed by atoms with E-state index in [0.717, 1.165) is 12.8 Å². The van der Waals surface area contributed by atoms with Crippen LogP contribution in [0.25, 0.3) is 0 Å². The van der Waals surface area contributed by atoms with Crippen molar-refractivity contribution < 1.29 is 9.53 Å². The van der Waals surface area contributed by atoms with Crippen LogP contribution in [0.4, 0.5) is 17.8 Å². The number of ether oxygens (including phenoxy) is 1. The predicted molar refractivity (Wildman–Crippen MR) is 122 cm³/mol. The van der Waals surface area contributed by atoms with Crippen LogP contribution in [0.1, 0.15) is 25.7 Å². The number of anilines is 3. The molecule has 0 spiro atoms. The minimum absolute atomic E-state index is 0.0324. The van der Waals surface area contributed by atoms with Gasteiger partial charge in [0.05, 0.1) is 13.0 Å². The van der Waals surface area contributed by atoms with Crippen molar-refractivity contribution in [3.8, 4) is 0 Å². The molecule has 0 aromatic carbocycles. The Morgan fingerprint density at radius 1 is 0.750 bits per heavy atom. The molecule has 32 heavy (non-hydrogen) atoms. The van der Waals surface area contributed by atoms with Crippen LogP contribution in [0.2, 0.25) is 0 Å². The van der Waals surface area contributed by atoms with Crippen molar-refractivity contribution >= 4 is 23.8 Å². The van der Waals surface area contributed by atoms with Gasteiger partial charge in [-0.25, -0.2) is 0 Å². The molecule has 0 bridgehead atoms. The normalized spacial score (nSPS) is 29.8. The van der Waals surface area contributed by atoms with Crippen molar-refractivity contribution in [3.05, 3.63) is 0 Å². The molecule has 0 saturated carbocycles. The summed E-state index contributed by atoms with van der Waals surface area (Å²) in [7, 11) is 1.43.